The Morgan fingerprint density at radius 3 is 2.18 bits per heavy atom. The summed E-state index contributed by atoms with van der Waals surface area (Å²) in [6, 6.07) is 6.29. The lowest BCUT2D eigenvalue weighted by molar-refractivity contribution is -0.183. The first-order valence-corrected chi connectivity index (χ1v) is 9.20. The van der Waals surface area contributed by atoms with E-state index in [9.17, 15) is 19.2 Å². The average Bonchev–Trinajstić information content (AvgIpc) is 2.85. The number of likely N-dealkylation sites (tertiary alicyclic amines) is 1. The van der Waals surface area contributed by atoms with Gasteiger partial charge in [0, 0.05) is 13.1 Å². The first-order valence-electron chi connectivity index (χ1n) is 9.20. The number of fused-ring (bicyclic) bond motifs is 1. The first-order chi connectivity index (χ1) is 13.0. The molecule has 0 spiro atoms. The normalized spacial score (nSPS) is 22.1. The number of benzene rings is 1. The molecule has 3 amide bonds. The van der Waals surface area contributed by atoms with E-state index in [1.807, 2.05) is 0 Å². The van der Waals surface area contributed by atoms with Crippen LogP contribution in [0.5, 0.6) is 0 Å². The Morgan fingerprint density at radius 2 is 1.64 bits per heavy atom. The fraction of sp³-hybridized carbons (Fsp3) is 0.500. The molecule has 1 fully saturated rings. The van der Waals surface area contributed by atoms with Gasteiger partial charge in [0.1, 0.15) is 5.60 Å². The number of hydrogen-bond donors (Lipinski definition) is 0. The van der Waals surface area contributed by atoms with Crippen LogP contribution in [0.15, 0.2) is 24.3 Å². The van der Waals surface area contributed by atoms with Crippen LogP contribution in [0.3, 0.4) is 0 Å². The van der Waals surface area contributed by atoms with E-state index in [2.05, 4.69) is 0 Å². The molecule has 8 nitrogen and oxygen atoms in total. The van der Waals surface area contributed by atoms with E-state index in [0.29, 0.717) is 24.4 Å². The van der Waals surface area contributed by atoms with Crippen LogP contribution in [0.1, 0.15) is 61.3 Å². The van der Waals surface area contributed by atoms with Crippen LogP contribution in [-0.4, -0.2) is 52.5 Å². The number of hydroxylamine groups is 2. The Labute approximate surface area is 163 Å². The van der Waals surface area contributed by atoms with Gasteiger partial charge in [-0.3, -0.25) is 9.59 Å². The molecule has 150 valence electrons. The van der Waals surface area contributed by atoms with Gasteiger partial charge >= 0.3 is 12.1 Å². The molecule has 0 saturated carbocycles. The molecule has 1 saturated heterocycles. The second kappa shape index (κ2) is 6.92. The van der Waals surface area contributed by atoms with E-state index in [0.717, 1.165) is 0 Å². The highest BCUT2D eigenvalue weighted by Gasteiger charge is 2.46. The third kappa shape index (κ3) is 3.72. The number of hydrogen-bond acceptors (Lipinski definition) is 6. The van der Waals surface area contributed by atoms with Crippen LogP contribution < -0.4 is 0 Å². The number of carbonyl (C=O) groups excluding carboxylic acids is 4. The van der Waals surface area contributed by atoms with Crippen molar-refractivity contribution < 1.29 is 28.8 Å². The number of ether oxygens (including phenoxy) is 1. The molecule has 2 heterocycles. The zero-order valence-corrected chi connectivity index (χ0v) is 16.5. The van der Waals surface area contributed by atoms with E-state index in [1.54, 1.807) is 39.8 Å². The monoisotopic (exact) mass is 388 g/mol. The quantitative estimate of drug-likeness (QED) is 0.723. The van der Waals surface area contributed by atoms with Crippen molar-refractivity contribution in [2.45, 2.75) is 46.1 Å². The molecule has 0 aromatic heterocycles. The van der Waals surface area contributed by atoms with Crippen molar-refractivity contribution in [2.24, 2.45) is 5.41 Å². The SMILES string of the molecule is CC(C)(C)OC(=O)N1CCCC(C)(C(=O)ON2C(=O)c3ccccc3C2=O)C1. The molecule has 2 aliphatic heterocycles. The van der Waals surface area contributed by atoms with E-state index < -0.39 is 34.9 Å². The Bertz CT molecular complexity index is 808. The Morgan fingerprint density at radius 1 is 1.07 bits per heavy atom. The third-order valence-electron chi connectivity index (χ3n) is 4.77. The Kier molecular flexibility index (Phi) is 4.91. The largest absolute Gasteiger partial charge is 0.444 e. The zero-order chi connectivity index (χ0) is 20.7. The topological polar surface area (TPSA) is 93.2 Å². The minimum Gasteiger partial charge on any atom is -0.444 e. The van der Waals surface area contributed by atoms with E-state index in [-0.39, 0.29) is 17.7 Å². The lowest BCUT2D eigenvalue weighted by Gasteiger charge is -2.39. The second-order valence-corrected chi connectivity index (χ2v) is 8.40. The molecule has 3 rings (SSSR count). The van der Waals surface area contributed by atoms with E-state index in [4.69, 9.17) is 9.57 Å². The van der Waals surface area contributed by atoms with Crippen LogP contribution in [0.2, 0.25) is 0 Å². The van der Waals surface area contributed by atoms with Gasteiger partial charge in [0.25, 0.3) is 11.8 Å². The van der Waals surface area contributed by atoms with Crippen molar-refractivity contribution >= 4 is 23.9 Å². The number of piperidine rings is 1. The molecule has 1 aromatic rings. The van der Waals surface area contributed by atoms with Gasteiger partial charge in [-0.05, 0) is 52.7 Å². The summed E-state index contributed by atoms with van der Waals surface area (Å²) in [5.41, 5.74) is -1.30. The molecule has 2 aliphatic rings. The molecule has 0 radical (unpaired) electrons. The van der Waals surface area contributed by atoms with Gasteiger partial charge in [-0.2, -0.15) is 0 Å². The molecule has 1 atom stereocenters. The van der Waals surface area contributed by atoms with E-state index >= 15 is 0 Å². The van der Waals surface area contributed by atoms with Crippen LogP contribution in [0.25, 0.3) is 0 Å². The Hall–Kier alpha value is -2.90. The maximum absolute atomic E-state index is 12.8. The summed E-state index contributed by atoms with van der Waals surface area (Å²) < 4.78 is 5.38. The van der Waals surface area contributed by atoms with E-state index in [1.165, 1.54) is 17.0 Å². The lowest BCUT2D eigenvalue weighted by atomic mass is 9.82. The van der Waals surface area contributed by atoms with Crippen molar-refractivity contribution in [3.63, 3.8) is 0 Å². The van der Waals surface area contributed by atoms with Crippen LogP contribution in [-0.2, 0) is 14.4 Å². The standard InChI is InChI=1S/C20H24N2O6/c1-19(2,3)27-18(26)21-11-7-10-20(4,12-21)17(25)28-22-15(23)13-8-5-6-9-14(13)16(22)24/h5-6,8-9H,7,10-12H2,1-4H3. The highest BCUT2D eigenvalue weighted by atomic mass is 16.7. The van der Waals surface area contributed by atoms with Crippen molar-refractivity contribution in [1.29, 1.82) is 0 Å². The number of nitrogens with zero attached hydrogens (tertiary/aromatic N) is 2. The molecule has 0 bridgehead atoms. The van der Waals surface area contributed by atoms with Gasteiger partial charge < -0.3 is 14.5 Å². The highest BCUT2D eigenvalue weighted by Crippen LogP contribution is 2.33. The first kappa shape index (κ1) is 19.9. The Balaban J connectivity index is 1.71. The summed E-state index contributed by atoms with van der Waals surface area (Å²) in [4.78, 5) is 56.6. The molecular weight excluding hydrogens is 364 g/mol. The molecule has 8 heteroatoms. The van der Waals surface area contributed by atoms with Gasteiger partial charge in [-0.1, -0.05) is 17.2 Å². The molecule has 28 heavy (non-hydrogen) atoms. The van der Waals surface area contributed by atoms with Crippen molar-refractivity contribution in [3.8, 4) is 0 Å². The van der Waals surface area contributed by atoms with Gasteiger partial charge in [0.2, 0.25) is 0 Å². The fourth-order valence-corrected chi connectivity index (χ4v) is 3.33. The average molecular weight is 388 g/mol. The second-order valence-electron chi connectivity index (χ2n) is 8.40. The maximum atomic E-state index is 12.8. The van der Waals surface area contributed by atoms with Crippen molar-refractivity contribution in [1.82, 2.24) is 9.96 Å². The lowest BCUT2D eigenvalue weighted by Crippen LogP contribution is -2.51. The molecule has 0 aliphatic carbocycles. The summed E-state index contributed by atoms with van der Waals surface area (Å²) in [6.07, 6.45) is 0.535. The minimum atomic E-state index is -1.05. The zero-order valence-electron chi connectivity index (χ0n) is 16.5. The van der Waals surface area contributed by atoms with Gasteiger partial charge in [0.05, 0.1) is 16.5 Å². The number of imide groups is 1. The van der Waals surface area contributed by atoms with Crippen LogP contribution >= 0.6 is 0 Å². The van der Waals surface area contributed by atoms with Gasteiger partial charge in [0.15, 0.2) is 0 Å². The minimum absolute atomic E-state index is 0.0872. The number of rotatable bonds is 2. The number of amides is 3. The van der Waals surface area contributed by atoms with Gasteiger partial charge in [-0.25, -0.2) is 9.59 Å². The summed E-state index contributed by atoms with van der Waals surface area (Å²) in [6.45, 7) is 7.51. The predicted octanol–water partition coefficient (Wildman–Crippen LogP) is 2.78. The van der Waals surface area contributed by atoms with Crippen LogP contribution in [0.4, 0.5) is 4.79 Å². The fourth-order valence-electron chi connectivity index (χ4n) is 3.33. The maximum Gasteiger partial charge on any atom is 0.410 e. The summed E-state index contributed by atoms with van der Waals surface area (Å²) >= 11 is 0. The smallest absolute Gasteiger partial charge is 0.410 e. The van der Waals surface area contributed by atoms with Crippen molar-refractivity contribution in [2.75, 3.05) is 13.1 Å². The van der Waals surface area contributed by atoms with Crippen LogP contribution in [0, 0.1) is 5.41 Å². The highest BCUT2D eigenvalue weighted by molar-refractivity contribution is 6.20. The summed E-state index contributed by atoms with van der Waals surface area (Å²) in [5, 5.41) is 0.505. The van der Waals surface area contributed by atoms with Gasteiger partial charge in [-0.15, -0.1) is 0 Å². The molecule has 0 N–H and O–H groups in total. The summed E-state index contributed by atoms with van der Waals surface area (Å²) in [5.74, 6) is -2.06. The molecular formula is C20H24N2O6. The number of carbonyl (C=O) groups is 4. The molecule has 1 aromatic carbocycles. The summed E-state index contributed by atoms with van der Waals surface area (Å²) in [7, 11) is 0. The predicted molar refractivity (Wildman–Crippen MR) is 98.2 cm³/mol. The molecule has 1 unspecified atom stereocenters. The van der Waals surface area contributed by atoms with Crippen molar-refractivity contribution in [3.05, 3.63) is 35.4 Å². The third-order valence-corrected chi connectivity index (χ3v) is 4.77.